The van der Waals surface area contributed by atoms with Gasteiger partial charge in [-0.25, -0.2) is 0 Å². The van der Waals surface area contributed by atoms with Crippen molar-refractivity contribution in [3.63, 3.8) is 0 Å². The van der Waals surface area contributed by atoms with Gasteiger partial charge in [-0.3, -0.25) is 0 Å². The minimum atomic E-state index is 0.446. The van der Waals surface area contributed by atoms with Gasteiger partial charge in [-0.15, -0.1) is 0 Å². The standard InChI is InChI=1S/C15H23NO2/c1-11-7-12(17-3)8-14(18-4)13(11)9-15(5-6-15)10-16-2/h7-8,16H,5-6,9-10H2,1-4H3. The van der Waals surface area contributed by atoms with Crippen LogP contribution in [0.3, 0.4) is 0 Å². The molecule has 0 unspecified atom stereocenters. The molecule has 0 aliphatic heterocycles. The van der Waals surface area contributed by atoms with Gasteiger partial charge < -0.3 is 14.8 Å². The molecular weight excluding hydrogens is 226 g/mol. The fourth-order valence-electron chi connectivity index (χ4n) is 2.62. The lowest BCUT2D eigenvalue weighted by Gasteiger charge is -2.19. The van der Waals surface area contributed by atoms with Gasteiger partial charge in [0.05, 0.1) is 14.2 Å². The molecule has 1 saturated carbocycles. The Morgan fingerprint density at radius 3 is 2.44 bits per heavy atom. The van der Waals surface area contributed by atoms with Crippen molar-refractivity contribution in [3.05, 3.63) is 23.3 Å². The van der Waals surface area contributed by atoms with E-state index in [0.29, 0.717) is 5.41 Å². The van der Waals surface area contributed by atoms with E-state index in [9.17, 15) is 0 Å². The number of nitrogens with one attached hydrogen (secondary N) is 1. The molecule has 3 heteroatoms. The maximum atomic E-state index is 5.52. The third-order valence-electron chi connectivity index (χ3n) is 3.92. The molecule has 0 amide bonds. The van der Waals surface area contributed by atoms with E-state index in [1.807, 2.05) is 13.1 Å². The number of methoxy groups -OCH3 is 2. The molecule has 3 nitrogen and oxygen atoms in total. The molecule has 1 fully saturated rings. The van der Waals surface area contributed by atoms with Crippen LogP contribution in [0.2, 0.25) is 0 Å². The van der Waals surface area contributed by atoms with E-state index in [-0.39, 0.29) is 0 Å². The normalized spacial score (nSPS) is 16.4. The summed E-state index contributed by atoms with van der Waals surface area (Å²) in [6, 6.07) is 4.07. The summed E-state index contributed by atoms with van der Waals surface area (Å²) in [4.78, 5) is 0. The van der Waals surface area contributed by atoms with Crippen LogP contribution in [0, 0.1) is 12.3 Å². The van der Waals surface area contributed by atoms with Crippen molar-refractivity contribution in [2.45, 2.75) is 26.2 Å². The Bertz CT molecular complexity index is 425. The van der Waals surface area contributed by atoms with Crippen LogP contribution in [-0.4, -0.2) is 27.8 Å². The molecule has 1 aromatic rings. The van der Waals surface area contributed by atoms with Crippen molar-refractivity contribution < 1.29 is 9.47 Å². The second kappa shape index (κ2) is 5.19. The van der Waals surface area contributed by atoms with Gasteiger partial charge in [0, 0.05) is 12.6 Å². The van der Waals surface area contributed by atoms with Crippen molar-refractivity contribution >= 4 is 0 Å². The Kier molecular flexibility index (Phi) is 3.81. The molecule has 100 valence electrons. The first-order chi connectivity index (χ1) is 8.64. The maximum Gasteiger partial charge on any atom is 0.126 e. The first-order valence-corrected chi connectivity index (χ1v) is 6.50. The lowest BCUT2D eigenvalue weighted by Crippen LogP contribution is -2.22. The highest BCUT2D eigenvalue weighted by molar-refractivity contribution is 5.47. The number of aryl methyl sites for hydroxylation is 1. The zero-order chi connectivity index (χ0) is 13.2. The number of rotatable bonds is 6. The van der Waals surface area contributed by atoms with Crippen molar-refractivity contribution in [1.82, 2.24) is 5.32 Å². The van der Waals surface area contributed by atoms with Gasteiger partial charge in [0.25, 0.3) is 0 Å². The largest absolute Gasteiger partial charge is 0.497 e. The van der Waals surface area contributed by atoms with E-state index in [1.165, 1.54) is 24.0 Å². The molecular formula is C15H23NO2. The van der Waals surface area contributed by atoms with Crippen LogP contribution in [0.4, 0.5) is 0 Å². The van der Waals surface area contributed by atoms with Crippen LogP contribution >= 0.6 is 0 Å². The highest BCUT2D eigenvalue weighted by atomic mass is 16.5. The third-order valence-corrected chi connectivity index (χ3v) is 3.92. The molecule has 1 aromatic carbocycles. The van der Waals surface area contributed by atoms with Gasteiger partial charge in [0.15, 0.2) is 0 Å². The Labute approximate surface area is 109 Å². The van der Waals surface area contributed by atoms with Gasteiger partial charge in [-0.05, 0) is 55.8 Å². The van der Waals surface area contributed by atoms with Gasteiger partial charge in [-0.1, -0.05) is 0 Å². The Balaban J connectivity index is 2.26. The maximum absolute atomic E-state index is 5.52. The molecule has 1 N–H and O–H groups in total. The van der Waals surface area contributed by atoms with Crippen LogP contribution in [0.25, 0.3) is 0 Å². The van der Waals surface area contributed by atoms with Crippen molar-refractivity contribution in [1.29, 1.82) is 0 Å². The summed E-state index contributed by atoms with van der Waals surface area (Å²) in [5.41, 5.74) is 3.03. The van der Waals surface area contributed by atoms with Crippen molar-refractivity contribution in [3.8, 4) is 11.5 Å². The van der Waals surface area contributed by atoms with Crippen molar-refractivity contribution in [2.75, 3.05) is 27.8 Å². The summed E-state index contributed by atoms with van der Waals surface area (Å²) in [5, 5.41) is 3.30. The van der Waals surface area contributed by atoms with E-state index in [4.69, 9.17) is 9.47 Å². The third kappa shape index (κ3) is 2.61. The van der Waals surface area contributed by atoms with Gasteiger partial charge in [-0.2, -0.15) is 0 Å². The summed E-state index contributed by atoms with van der Waals surface area (Å²) >= 11 is 0. The molecule has 2 rings (SSSR count). The van der Waals surface area contributed by atoms with Gasteiger partial charge >= 0.3 is 0 Å². The summed E-state index contributed by atoms with van der Waals surface area (Å²) < 4.78 is 10.8. The van der Waals surface area contributed by atoms with Crippen LogP contribution in [0.5, 0.6) is 11.5 Å². The Hall–Kier alpha value is -1.22. The first-order valence-electron chi connectivity index (χ1n) is 6.50. The Morgan fingerprint density at radius 1 is 1.22 bits per heavy atom. The molecule has 0 aromatic heterocycles. The second-order valence-corrected chi connectivity index (χ2v) is 5.33. The minimum absolute atomic E-state index is 0.446. The fourth-order valence-corrected chi connectivity index (χ4v) is 2.62. The van der Waals surface area contributed by atoms with E-state index < -0.39 is 0 Å². The number of hydrogen-bond donors (Lipinski definition) is 1. The first kappa shape index (κ1) is 13.2. The second-order valence-electron chi connectivity index (χ2n) is 5.33. The number of hydrogen-bond acceptors (Lipinski definition) is 3. The van der Waals surface area contributed by atoms with Gasteiger partial charge in [0.1, 0.15) is 11.5 Å². The summed E-state index contributed by atoms with van der Waals surface area (Å²) in [6.45, 7) is 3.22. The van der Waals surface area contributed by atoms with Crippen LogP contribution in [-0.2, 0) is 6.42 Å². The van der Waals surface area contributed by atoms with Crippen LogP contribution in [0.1, 0.15) is 24.0 Å². The lowest BCUT2D eigenvalue weighted by molar-refractivity contribution is 0.383. The molecule has 0 radical (unpaired) electrons. The van der Waals surface area contributed by atoms with E-state index in [0.717, 1.165) is 24.5 Å². The van der Waals surface area contributed by atoms with E-state index in [1.54, 1.807) is 14.2 Å². The van der Waals surface area contributed by atoms with Crippen LogP contribution < -0.4 is 14.8 Å². The SMILES string of the molecule is CNCC1(Cc2c(C)cc(OC)cc2OC)CC1. The zero-order valence-corrected chi connectivity index (χ0v) is 11.8. The van der Waals surface area contributed by atoms with Crippen LogP contribution in [0.15, 0.2) is 12.1 Å². The summed E-state index contributed by atoms with van der Waals surface area (Å²) in [5.74, 6) is 1.82. The molecule has 1 aliphatic rings. The predicted octanol–water partition coefficient (Wildman–Crippen LogP) is 2.55. The fraction of sp³-hybridized carbons (Fsp3) is 0.600. The quantitative estimate of drug-likeness (QED) is 0.840. The number of ether oxygens (including phenoxy) is 2. The molecule has 0 saturated heterocycles. The lowest BCUT2D eigenvalue weighted by atomic mass is 9.92. The molecule has 18 heavy (non-hydrogen) atoms. The summed E-state index contributed by atoms with van der Waals surface area (Å²) in [6.07, 6.45) is 3.71. The highest BCUT2D eigenvalue weighted by Crippen LogP contribution is 2.49. The molecule has 0 atom stereocenters. The van der Waals surface area contributed by atoms with E-state index >= 15 is 0 Å². The zero-order valence-electron chi connectivity index (χ0n) is 11.8. The highest BCUT2D eigenvalue weighted by Gasteiger charge is 2.42. The average Bonchev–Trinajstić information content (AvgIpc) is 3.12. The molecule has 1 aliphatic carbocycles. The van der Waals surface area contributed by atoms with E-state index in [2.05, 4.69) is 18.3 Å². The average molecular weight is 249 g/mol. The molecule has 0 spiro atoms. The smallest absolute Gasteiger partial charge is 0.126 e. The minimum Gasteiger partial charge on any atom is -0.497 e. The summed E-state index contributed by atoms with van der Waals surface area (Å²) in [7, 11) is 5.45. The number of benzene rings is 1. The monoisotopic (exact) mass is 249 g/mol. The Morgan fingerprint density at radius 2 is 1.94 bits per heavy atom. The van der Waals surface area contributed by atoms with Gasteiger partial charge in [0.2, 0.25) is 0 Å². The van der Waals surface area contributed by atoms with Crippen molar-refractivity contribution in [2.24, 2.45) is 5.41 Å². The topological polar surface area (TPSA) is 30.5 Å². The molecule has 0 heterocycles. The molecule has 0 bridgehead atoms. The predicted molar refractivity (Wildman–Crippen MR) is 73.6 cm³/mol.